The first-order valence-electron chi connectivity index (χ1n) is 7.03. The van der Waals surface area contributed by atoms with Crippen LogP contribution in [-0.4, -0.2) is 33.5 Å². The number of methoxy groups -OCH3 is 1. The largest absolute Gasteiger partial charge is 0.385 e. The van der Waals surface area contributed by atoms with Gasteiger partial charge in [-0.3, -0.25) is 0 Å². The summed E-state index contributed by atoms with van der Waals surface area (Å²) in [6, 6.07) is 10.7. The number of ether oxygens (including phenoxy) is 2. The van der Waals surface area contributed by atoms with Gasteiger partial charge in [-0.05, 0) is 24.9 Å². The Labute approximate surface area is 117 Å². The fourth-order valence-corrected chi connectivity index (χ4v) is 2.28. The molecule has 0 saturated carbocycles. The third kappa shape index (κ3) is 5.31. The van der Waals surface area contributed by atoms with Crippen LogP contribution in [0, 0.1) is 5.92 Å². The van der Waals surface area contributed by atoms with E-state index in [1.807, 2.05) is 13.1 Å². The summed E-state index contributed by atoms with van der Waals surface area (Å²) in [5.74, 6) is 0.459. The first-order chi connectivity index (χ1) is 9.20. The Morgan fingerprint density at radius 2 is 1.79 bits per heavy atom. The molecule has 0 bridgehead atoms. The van der Waals surface area contributed by atoms with E-state index in [4.69, 9.17) is 9.47 Å². The molecule has 1 aromatic rings. The zero-order valence-corrected chi connectivity index (χ0v) is 12.6. The van der Waals surface area contributed by atoms with Gasteiger partial charge in [-0.1, -0.05) is 44.2 Å². The maximum atomic E-state index is 6.07. The fourth-order valence-electron chi connectivity index (χ4n) is 2.28. The topological polar surface area (TPSA) is 30.5 Å². The Hall–Kier alpha value is -0.900. The van der Waals surface area contributed by atoms with E-state index in [0.717, 1.165) is 19.6 Å². The van der Waals surface area contributed by atoms with Crippen molar-refractivity contribution in [1.82, 2.24) is 5.32 Å². The molecule has 1 aromatic carbocycles. The molecule has 0 aliphatic rings. The second kappa shape index (κ2) is 9.08. The quantitative estimate of drug-likeness (QED) is 0.696. The molecule has 3 nitrogen and oxygen atoms in total. The van der Waals surface area contributed by atoms with Crippen LogP contribution >= 0.6 is 0 Å². The molecule has 0 heterocycles. The molecule has 0 aliphatic carbocycles. The third-order valence-electron chi connectivity index (χ3n) is 3.26. The van der Waals surface area contributed by atoms with Crippen molar-refractivity contribution < 1.29 is 9.47 Å². The molecule has 0 amide bonds. The van der Waals surface area contributed by atoms with Crippen molar-refractivity contribution in [3.05, 3.63) is 35.9 Å². The number of benzene rings is 1. The normalized spacial score (nSPS) is 14.6. The first kappa shape index (κ1) is 16.2. The van der Waals surface area contributed by atoms with Crippen LogP contribution < -0.4 is 5.32 Å². The maximum absolute atomic E-state index is 6.07. The van der Waals surface area contributed by atoms with Crippen LogP contribution in [0.1, 0.15) is 31.9 Å². The molecule has 3 heteroatoms. The van der Waals surface area contributed by atoms with Gasteiger partial charge in [0.2, 0.25) is 0 Å². The molecule has 0 fully saturated rings. The summed E-state index contributed by atoms with van der Waals surface area (Å²) in [6.45, 7) is 5.89. The predicted octanol–water partition coefficient (Wildman–Crippen LogP) is 3.02. The summed E-state index contributed by atoms with van der Waals surface area (Å²) in [7, 11) is 3.71. The van der Waals surface area contributed by atoms with E-state index in [0.29, 0.717) is 5.92 Å². The van der Waals surface area contributed by atoms with E-state index in [-0.39, 0.29) is 12.1 Å². The second-order valence-electron chi connectivity index (χ2n) is 5.10. The molecule has 0 aliphatic heterocycles. The van der Waals surface area contributed by atoms with Gasteiger partial charge in [0.15, 0.2) is 0 Å². The molecule has 1 rings (SSSR count). The van der Waals surface area contributed by atoms with Gasteiger partial charge in [0, 0.05) is 20.3 Å². The summed E-state index contributed by atoms with van der Waals surface area (Å²) in [5, 5.41) is 3.38. The van der Waals surface area contributed by atoms with Gasteiger partial charge in [-0.15, -0.1) is 0 Å². The highest BCUT2D eigenvalue weighted by atomic mass is 16.5. The van der Waals surface area contributed by atoms with Crippen molar-refractivity contribution in [2.45, 2.75) is 32.4 Å². The van der Waals surface area contributed by atoms with Gasteiger partial charge in [-0.2, -0.15) is 0 Å². The van der Waals surface area contributed by atoms with Crippen LogP contribution in [0.4, 0.5) is 0 Å². The molecular formula is C16H27NO2. The van der Waals surface area contributed by atoms with Gasteiger partial charge >= 0.3 is 0 Å². The number of hydrogen-bond donors (Lipinski definition) is 1. The van der Waals surface area contributed by atoms with Crippen molar-refractivity contribution in [2.75, 3.05) is 27.4 Å². The van der Waals surface area contributed by atoms with Crippen molar-refractivity contribution in [3.8, 4) is 0 Å². The Balaban J connectivity index is 2.67. The molecule has 108 valence electrons. The number of rotatable bonds is 9. The highest BCUT2D eigenvalue weighted by molar-refractivity contribution is 5.20. The second-order valence-corrected chi connectivity index (χ2v) is 5.10. The van der Waals surface area contributed by atoms with Crippen LogP contribution in [0.25, 0.3) is 0 Å². The van der Waals surface area contributed by atoms with Gasteiger partial charge in [0.25, 0.3) is 0 Å². The lowest BCUT2D eigenvalue weighted by Gasteiger charge is -2.30. The Bertz CT molecular complexity index is 327. The molecule has 0 aromatic heterocycles. The van der Waals surface area contributed by atoms with Crippen molar-refractivity contribution in [1.29, 1.82) is 0 Å². The minimum atomic E-state index is 0.171. The minimum Gasteiger partial charge on any atom is -0.385 e. The SMILES string of the molecule is CNC(c1ccccc1)C(OCCCOC)C(C)C. The standard InChI is InChI=1S/C16H27NO2/c1-13(2)16(19-12-8-11-18-4)15(17-3)14-9-6-5-7-10-14/h5-7,9-10,13,15-17H,8,11-12H2,1-4H3. The van der Waals surface area contributed by atoms with E-state index < -0.39 is 0 Å². The Morgan fingerprint density at radius 3 is 2.32 bits per heavy atom. The first-order valence-corrected chi connectivity index (χ1v) is 7.03. The van der Waals surface area contributed by atoms with Gasteiger partial charge < -0.3 is 14.8 Å². The molecule has 0 spiro atoms. The lowest BCUT2D eigenvalue weighted by molar-refractivity contribution is -0.0101. The summed E-state index contributed by atoms with van der Waals surface area (Å²) in [5.41, 5.74) is 1.27. The molecule has 2 unspecified atom stereocenters. The third-order valence-corrected chi connectivity index (χ3v) is 3.26. The average molecular weight is 265 g/mol. The molecule has 0 saturated heterocycles. The van der Waals surface area contributed by atoms with Crippen LogP contribution in [0.15, 0.2) is 30.3 Å². The predicted molar refractivity (Wildman–Crippen MR) is 79.3 cm³/mol. The highest BCUT2D eigenvalue weighted by Crippen LogP contribution is 2.24. The van der Waals surface area contributed by atoms with Crippen LogP contribution in [-0.2, 0) is 9.47 Å². The minimum absolute atomic E-state index is 0.171. The monoisotopic (exact) mass is 265 g/mol. The van der Waals surface area contributed by atoms with E-state index >= 15 is 0 Å². The van der Waals surface area contributed by atoms with Crippen molar-refractivity contribution in [3.63, 3.8) is 0 Å². The van der Waals surface area contributed by atoms with Crippen LogP contribution in [0.5, 0.6) is 0 Å². The van der Waals surface area contributed by atoms with E-state index in [2.05, 4.69) is 43.4 Å². The van der Waals surface area contributed by atoms with E-state index in [9.17, 15) is 0 Å². The number of likely N-dealkylation sites (N-methyl/N-ethyl adjacent to an activating group) is 1. The van der Waals surface area contributed by atoms with Gasteiger partial charge in [0.05, 0.1) is 12.1 Å². The lowest BCUT2D eigenvalue weighted by atomic mass is 9.93. The summed E-state index contributed by atoms with van der Waals surface area (Å²) in [6.07, 6.45) is 1.11. The van der Waals surface area contributed by atoms with E-state index in [1.165, 1.54) is 5.56 Å². The highest BCUT2D eigenvalue weighted by Gasteiger charge is 2.25. The lowest BCUT2D eigenvalue weighted by Crippen LogP contribution is -2.36. The fraction of sp³-hybridized carbons (Fsp3) is 0.625. The molecule has 0 radical (unpaired) electrons. The van der Waals surface area contributed by atoms with Crippen molar-refractivity contribution in [2.24, 2.45) is 5.92 Å². The molecular weight excluding hydrogens is 238 g/mol. The van der Waals surface area contributed by atoms with Crippen LogP contribution in [0.3, 0.4) is 0 Å². The van der Waals surface area contributed by atoms with Crippen molar-refractivity contribution >= 4 is 0 Å². The van der Waals surface area contributed by atoms with Gasteiger partial charge in [0.1, 0.15) is 0 Å². The molecule has 19 heavy (non-hydrogen) atoms. The smallest absolute Gasteiger partial charge is 0.0792 e. The molecule has 1 N–H and O–H groups in total. The Kier molecular flexibility index (Phi) is 7.72. The van der Waals surface area contributed by atoms with Crippen LogP contribution in [0.2, 0.25) is 0 Å². The summed E-state index contributed by atoms with van der Waals surface area (Å²) < 4.78 is 11.1. The summed E-state index contributed by atoms with van der Waals surface area (Å²) >= 11 is 0. The number of nitrogens with one attached hydrogen (secondary N) is 1. The zero-order valence-electron chi connectivity index (χ0n) is 12.6. The maximum Gasteiger partial charge on any atom is 0.0792 e. The zero-order chi connectivity index (χ0) is 14.1. The average Bonchev–Trinajstić information content (AvgIpc) is 2.43. The van der Waals surface area contributed by atoms with E-state index in [1.54, 1.807) is 7.11 Å². The summed E-state index contributed by atoms with van der Waals surface area (Å²) in [4.78, 5) is 0. The van der Waals surface area contributed by atoms with Gasteiger partial charge in [-0.25, -0.2) is 0 Å². The Morgan fingerprint density at radius 1 is 1.11 bits per heavy atom. The molecule has 2 atom stereocenters. The number of hydrogen-bond acceptors (Lipinski definition) is 3.